The second kappa shape index (κ2) is 4.08. The fourth-order valence-electron chi connectivity index (χ4n) is 1.88. The Bertz CT molecular complexity index is 567. The Balaban J connectivity index is 2.58. The van der Waals surface area contributed by atoms with Crippen LogP contribution in [0.3, 0.4) is 0 Å². The highest BCUT2D eigenvalue weighted by Gasteiger charge is 2.18. The van der Waals surface area contributed by atoms with Crippen LogP contribution in [0.15, 0.2) is 0 Å². The topological polar surface area (TPSA) is 90.8 Å². The first-order valence-corrected chi connectivity index (χ1v) is 5.46. The molecule has 0 saturated heterocycles. The third-order valence-corrected chi connectivity index (χ3v) is 2.74. The molecule has 2 aromatic rings. The largest absolute Gasteiger partial charge is 0.369 e. The van der Waals surface area contributed by atoms with E-state index in [1.807, 2.05) is 14.0 Å². The number of anilines is 1. The molecule has 1 amide bonds. The van der Waals surface area contributed by atoms with E-state index in [1.54, 1.807) is 16.3 Å². The predicted octanol–water partition coefficient (Wildman–Crippen LogP) is -0.340. The maximum atomic E-state index is 11.4. The quantitative estimate of drug-likeness (QED) is 0.762. The SMILES string of the molecule is CCc1nn(C)c2c1nc(N)n2CC(=O)NC. The van der Waals surface area contributed by atoms with Crippen LogP contribution in [-0.4, -0.2) is 32.3 Å². The highest BCUT2D eigenvalue weighted by molar-refractivity contribution is 5.82. The van der Waals surface area contributed by atoms with Gasteiger partial charge in [-0.2, -0.15) is 5.10 Å². The number of carbonyl (C=O) groups excluding carboxylic acids is 1. The Labute approximate surface area is 98.6 Å². The molecule has 17 heavy (non-hydrogen) atoms. The number of hydrogen-bond acceptors (Lipinski definition) is 4. The molecule has 0 aromatic carbocycles. The second-order valence-corrected chi connectivity index (χ2v) is 3.83. The molecule has 92 valence electrons. The van der Waals surface area contributed by atoms with Gasteiger partial charge in [0.1, 0.15) is 12.1 Å². The fourth-order valence-corrected chi connectivity index (χ4v) is 1.88. The maximum absolute atomic E-state index is 11.4. The first-order chi connectivity index (χ1) is 8.08. The molecular weight excluding hydrogens is 220 g/mol. The Kier molecular flexibility index (Phi) is 2.74. The Morgan fingerprint density at radius 2 is 2.24 bits per heavy atom. The number of hydrogen-bond donors (Lipinski definition) is 2. The molecule has 0 aliphatic carbocycles. The number of nitrogens with two attached hydrogens (primary N) is 1. The summed E-state index contributed by atoms with van der Waals surface area (Å²) in [5, 5.41) is 6.91. The third kappa shape index (κ3) is 1.73. The first kappa shape index (κ1) is 11.4. The van der Waals surface area contributed by atoms with Gasteiger partial charge in [-0.05, 0) is 6.42 Å². The molecule has 0 saturated carbocycles. The number of amides is 1. The van der Waals surface area contributed by atoms with E-state index < -0.39 is 0 Å². The molecule has 0 bridgehead atoms. The summed E-state index contributed by atoms with van der Waals surface area (Å²) in [6.45, 7) is 2.16. The van der Waals surface area contributed by atoms with Crippen LogP contribution in [0.4, 0.5) is 5.95 Å². The minimum atomic E-state index is -0.116. The van der Waals surface area contributed by atoms with Gasteiger partial charge in [0, 0.05) is 14.1 Å². The Morgan fingerprint density at radius 1 is 1.53 bits per heavy atom. The van der Waals surface area contributed by atoms with Crippen LogP contribution in [-0.2, 0) is 24.8 Å². The van der Waals surface area contributed by atoms with Crippen LogP contribution in [0.2, 0.25) is 0 Å². The predicted molar refractivity (Wildman–Crippen MR) is 64.4 cm³/mol. The Hall–Kier alpha value is -2.05. The van der Waals surface area contributed by atoms with Gasteiger partial charge in [-0.25, -0.2) is 4.98 Å². The minimum absolute atomic E-state index is 0.116. The zero-order valence-corrected chi connectivity index (χ0v) is 10.2. The third-order valence-electron chi connectivity index (χ3n) is 2.74. The van der Waals surface area contributed by atoms with Crippen LogP contribution in [0.5, 0.6) is 0 Å². The molecule has 0 fully saturated rings. The zero-order chi connectivity index (χ0) is 12.6. The monoisotopic (exact) mass is 236 g/mol. The van der Waals surface area contributed by atoms with E-state index in [2.05, 4.69) is 15.4 Å². The van der Waals surface area contributed by atoms with Gasteiger partial charge in [0.15, 0.2) is 5.65 Å². The standard InChI is InChI=1S/C10H16N6O/c1-4-6-8-9(15(3)14-6)16(10(11)13-8)5-7(17)12-2/h4-5H2,1-3H3,(H2,11,13)(H,12,17). The van der Waals surface area contributed by atoms with Crippen molar-refractivity contribution in [2.24, 2.45) is 7.05 Å². The molecule has 0 radical (unpaired) electrons. The van der Waals surface area contributed by atoms with Gasteiger partial charge < -0.3 is 11.1 Å². The lowest BCUT2D eigenvalue weighted by atomic mass is 10.3. The van der Waals surface area contributed by atoms with Gasteiger partial charge in [0.05, 0.1) is 5.69 Å². The van der Waals surface area contributed by atoms with Gasteiger partial charge in [0.2, 0.25) is 11.9 Å². The Morgan fingerprint density at radius 3 is 2.82 bits per heavy atom. The van der Waals surface area contributed by atoms with Crippen molar-refractivity contribution in [1.29, 1.82) is 0 Å². The molecule has 0 spiro atoms. The van der Waals surface area contributed by atoms with Crippen molar-refractivity contribution in [1.82, 2.24) is 24.6 Å². The molecule has 0 aliphatic rings. The second-order valence-electron chi connectivity index (χ2n) is 3.83. The summed E-state index contributed by atoms with van der Waals surface area (Å²) in [5.74, 6) is 0.224. The summed E-state index contributed by atoms with van der Waals surface area (Å²) in [6, 6.07) is 0. The number of nitrogens with one attached hydrogen (secondary N) is 1. The average molecular weight is 236 g/mol. The van der Waals surface area contributed by atoms with Crippen molar-refractivity contribution >= 4 is 23.0 Å². The van der Waals surface area contributed by atoms with Crippen LogP contribution >= 0.6 is 0 Å². The number of imidazole rings is 1. The van der Waals surface area contributed by atoms with E-state index in [0.717, 1.165) is 23.3 Å². The van der Waals surface area contributed by atoms with Crippen molar-refractivity contribution in [3.05, 3.63) is 5.69 Å². The summed E-state index contributed by atoms with van der Waals surface area (Å²) in [7, 11) is 3.41. The molecule has 2 aromatic heterocycles. The lowest BCUT2D eigenvalue weighted by Gasteiger charge is -2.05. The van der Waals surface area contributed by atoms with Crippen molar-refractivity contribution in [2.75, 3.05) is 12.8 Å². The number of nitrogen functional groups attached to an aromatic ring is 1. The molecule has 0 atom stereocenters. The molecule has 7 nitrogen and oxygen atoms in total. The van der Waals surface area contributed by atoms with Crippen LogP contribution < -0.4 is 11.1 Å². The summed E-state index contributed by atoms with van der Waals surface area (Å²) in [4.78, 5) is 15.7. The highest BCUT2D eigenvalue weighted by Crippen LogP contribution is 2.20. The first-order valence-electron chi connectivity index (χ1n) is 5.46. The number of carbonyl (C=O) groups is 1. The number of likely N-dealkylation sites (N-methyl/N-ethyl adjacent to an activating group) is 1. The molecule has 7 heteroatoms. The van der Waals surface area contributed by atoms with Gasteiger partial charge in [-0.15, -0.1) is 0 Å². The lowest BCUT2D eigenvalue weighted by molar-refractivity contribution is -0.121. The van der Waals surface area contributed by atoms with E-state index in [1.165, 1.54) is 0 Å². The van der Waals surface area contributed by atoms with E-state index >= 15 is 0 Å². The van der Waals surface area contributed by atoms with Crippen molar-refractivity contribution in [3.8, 4) is 0 Å². The lowest BCUT2D eigenvalue weighted by Crippen LogP contribution is -2.24. The fraction of sp³-hybridized carbons (Fsp3) is 0.500. The van der Waals surface area contributed by atoms with Crippen molar-refractivity contribution < 1.29 is 4.79 Å². The number of aryl methyl sites for hydroxylation is 2. The van der Waals surface area contributed by atoms with Crippen LogP contribution in [0, 0.1) is 0 Å². The molecule has 2 rings (SSSR count). The number of aromatic nitrogens is 4. The van der Waals surface area contributed by atoms with Gasteiger partial charge in [0.25, 0.3) is 0 Å². The molecule has 0 unspecified atom stereocenters. The normalized spacial score (nSPS) is 11.0. The van der Waals surface area contributed by atoms with E-state index in [9.17, 15) is 4.79 Å². The van der Waals surface area contributed by atoms with Crippen LogP contribution in [0.1, 0.15) is 12.6 Å². The van der Waals surface area contributed by atoms with Crippen molar-refractivity contribution in [3.63, 3.8) is 0 Å². The van der Waals surface area contributed by atoms with E-state index in [0.29, 0.717) is 5.95 Å². The molecule has 2 heterocycles. The van der Waals surface area contributed by atoms with E-state index in [4.69, 9.17) is 5.73 Å². The molecular formula is C10H16N6O. The number of nitrogens with zero attached hydrogens (tertiary/aromatic N) is 4. The summed E-state index contributed by atoms with van der Waals surface area (Å²) in [5.41, 5.74) is 8.27. The zero-order valence-electron chi connectivity index (χ0n) is 10.2. The smallest absolute Gasteiger partial charge is 0.239 e. The number of fused-ring (bicyclic) bond motifs is 1. The van der Waals surface area contributed by atoms with Crippen molar-refractivity contribution in [2.45, 2.75) is 19.9 Å². The summed E-state index contributed by atoms with van der Waals surface area (Å²) in [6.07, 6.45) is 0.785. The van der Waals surface area contributed by atoms with E-state index in [-0.39, 0.29) is 12.5 Å². The summed E-state index contributed by atoms with van der Waals surface area (Å²) < 4.78 is 3.38. The minimum Gasteiger partial charge on any atom is -0.369 e. The maximum Gasteiger partial charge on any atom is 0.239 e. The van der Waals surface area contributed by atoms with Crippen LogP contribution in [0.25, 0.3) is 11.2 Å². The van der Waals surface area contributed by atoms with Gasteiger partial charge in [-0.3, -0.25) is 14.0 Å². The summed E-state index contributed by atoms with van der Waals surface area (Å²) >= 11 is 0. The average Bonchev–Trinajstić information content (AvgIpc) is 2.78. The molecule has 3 N–H and O–H groups in total. The van der Waals surface area contributed by atoms with Gasteiger partial charge >= 0.3 is 0 Å². The highest BCUT2D eigenvalue weighted by atomic mass is 16.1. The van der Waals surface area contributed by atoms with Gasteiger partial charge in [-0.1, -0.05) is 6.92 Å². The molecule has 0 aliphatic heterocycles. The number of rotatable bonds is 3.